The maximum Gasteiger partial charge on any atom is 0.416 e. The van der Waals surface area contributed by atoms with Gasteiger partial charge in [0.25, 0.3) is 0 Å². The van der Waals surface area contributed by atoms with E-state index in [1.54, 1.807) is 0 Å². The zero-order valence-electron chi connectivity index (χ0n) is 20.4. The largest absolute Gasteiger partial charge is 0.453 e. The molecule has 0 saturated heterocycles. The summed E-state index contributed by atoms with van der Waals surface area (Å²) in [5.74, 6) is -0.134. The molecule has 15 heteroatoms. The predicted molar refractivity (Wildman–Crippen MR) is 123 cm³/mol. The molecule has 218 valence electrons. The SMILES string of the molecule is COC(=O)N(Cc1cc(C(F)(F)F)cc(C(F)(F)F)c1)[C@H]1C[C@@H](C2CC2)N(C(=O)Cl)c2ccc(C(F)(F)F)cc21. The van der Waals surface area contributed by atoms with E-state index in [2.05, 4.69) is 0 Å². The van der Waals surface area contributed by atoms with Crippen molar-refractivity contribution < 1.29 is 53.8 Å². The standard InChI is InChI=1S/C25H20ClF9N2O3/c1-40-22(39)36(11-12-6-15(24(30,31)32)8-16(7-12)25(33,34)35)20-10-19(13-2-3-13)37(21(26)38)18-5-4-14(9-17(18)20)23(27,28)29/h4-9,13,19-20H,2-3,10-11H2,1H3/t19-,20-/m0/s1. The van der Waals surface area contributed by atoms with Crippen molar-refractivity contribution in [3.05, 3.63) is 64.2 Å². The van der Waals surface area contributed by atoms with E-state index in [0.29, 0.717) is 37.1 Å². The fraction of sp³-hybridized carbons (Fsp3) is 0.440. The lowest BCUT2D eigenvalue weighted by Gasteiger charge is -2.44. The molecule has 0 N–H and O–H groups in total. The summed E-state index contributed by atoms with van der Waals surface area (Å²) >= 11 is 5.79. The van der Waals surface area contributed by atoms with Crippen LogP contribution < -0.4 is 4.90 Å². The molecular formula is C25H20ClF9N2O3. The number of carbonyl (C=O) groups excluding carboxylic acids is 2. The molecule has 1 saturated carbocycles. The molecule has 0 unspecified atom stereocenters. The predicted octanol–water partition coefficient (Wildman–Crippen LogP) is 8.40. The minimum Gasteiger partial charge on any atom is -0.453 e. The van der Waals surface area contributed by atoms with Crippen LogP contribution in [0.5, 0.6) is 0 Å². The van der Waals surface area contributed by atoms with Crippen LogP contribution in [0.1, 0.15) is 53.1 Å². The van der Waals surface area contributed by atoms with Gasteiger partial charge in [0, 0.05) is 12.6 Å². The molecule has 5 nitrogen and oxygen atoms in total. The Balaban J connectivity index is 1.87. The molecule has 2 aromatic rings. The first-order valence-corrected chi connectivity index (χ1v) is 12.1. The normalized spacial score (nSPS) is 19.7. The molecule has 40 heavy (non-hydrogen) atoms. The average Bonchev–Trinajstić information content (AvgIpc) is 3.69. The van der Waals surface area contributed by atoms with Crippen LogP contribution in [0, 0.1) is 5.92 Å². The van der Waals surface area contributed by atoms with Gasteiger partial charge >= 0.3 is 30.0 Å². The Kier molecular flexibility index (Phi) is 7.71. The van der Waals surface area contributed by atoms with Crippen molar-refractivity contribution in [3.8, 4) is 0 Å². The highest BCUT2D eigenvalue weighted by Gasteiger charge is 2.47. The van der Waals surface area contributed by atoms with Gasteiger partial charge in [-0.15, -0.1) is 0 Å². The number of benzene rings is 2. The van der Waals surface area contributed by atoms with Crippen LogP contribution in [-0.2, 0) is 29.8 Å². The van der Waals surface area contributed by atoms with Crippen molar-refractivity contribution in [1.82, 2.24) is 4.90 Å². The molecule has 2 aromatic carbocycles. The Hall–Kier alpha value is -3.16. The molecule has 2 aliphatic rings. The van der Waals surface area contributed by atoms with Gasteiger partial charge in [-0.2, -0.15) is 39.5 Å². The van der Waals surface area contributed by atoms with Crippen LogP contribution in [0.25, 0.3) is 0 Å². The van der Waals surface area contributed by atoms with Crippen molar-refractivity contribution in [2.24, 2.45) is 5.92 Å². The summed E-state index contributed by atoms with van der Waals surface area (Å²) in [5, 5.41) is -0.992. The Labute approximate surface area is 226 Å². The molecular weight excluding hydrogens is 583 g/mol. The summed E-state index contributed by atoms with van der Waals surface area (Å²) < 4.78 is 126. The highest BCUT2D eigenvalue weighted by atomic mass is 35.5. The number of halogens is 10. The zero-order chi connectivity index (χ0) is 29.8. The van der Waals surface area contributed by atoms with Crippen LogP contribution in [0.3, 0.4) is 0 Å². The quantitative estimate of drug-likeness (QED) is 0.201. The summed E-state index contributed by atoms with van der Waals surface area (Å²) in [5.41, 5.74) is -5.25. The van der Waals surface area contributed by atoms with E-state index in [0.717, 1.165) is 23.0 Å². The van der Waals surface area contributed by atoms with Crippen LogP contribution in [-0.4, -0.2) is 29.5 Å². The monoisotopic (exact) mass is 602 g/mol. The number of fused-ring (bicyclic) bond motifs is 1. The van der Waals surface area contributed by atoms with Crippen LogP contribution in [0.15, 0.2) is 36.4 Å². The maximum atomic E-state index is 13.6. The summed E-state index contributed by atoms with van der Waals surface area (Å²) in [6.07, 6.45) is -15.3. The molecule has 0 aromatic heterocycles. The Morgan fingerprint density at radius 1 is 0.900 bits per heavy atom. The Morgan fingerprint density at radius 2 is 1.45 bits per heavy atom. The number of amides is 2. The number of carbonyl (C=O) groups is 2. The number of anilines is 1. The van der Waals surface area contributed by atoms with Gasteiger partial charge in [-0.3, -0.25) is 14.6 Å². The van der Waals surface area contributed by atoms with E-state index in [1.165, 1.54) is 0 Å². The second-order valence-electron chi connectivity index (χ2n) is 9.56. The van der Waals surface area contributed by atoms with Crippen molar-refractivity contribution in [1.29, 1.82) is 0 Å². The van der Waals surface area contributed by atoms with Crippen molar-refractivity contribution in [2.75, 3.05) is 12.0 Å². The number of alkyl halides is 9. The fourth-order valence-electron chi connectivity index (χ4n) is 4.99. The van der Waals surface area contributed by atoms with Crippen LogP contribution in [0.2, 0.25) is 0 Å². The number of rotatable bonds is 4. The van der Waals surface area contributed by atoms with Gasteiger partial charge in [0.15, 0.2) is 0 Å². The topological polar surface area (TPSA) is 49.9 Å². The van der Waals surface area contributed by atoms with Gasteiger partial charge in [-0.05, 0) is 84.3 Å². The molecule has 1 aliphatic heterocycles. The van der Waals surface area contributed by atoms with Gasteiger partial charge in [0.1, 0.15) is 0 Å². The van der Waals surface area contributed by atoms with Gasteiger partial charge in [0.05, 0.1) is 35.5 Å². The third kappa shape index (κ3) is 6.11. The summed E-state index contributed by atoms with van der Waals surface area (Å²) in [7, 11) is 0.908. The molecule has 0 bridgehead atoms. The molecule has 1 fully saturated rings. The van der Waals surface area contributed by atoms with Crippen LogP contribution in [0.4, 0.5) is 54.8 Å². The van der Waals surface area contributed by atoms with Gasteiger partial charge < -0.3 is 4.74 Å². The number of nitrogens with zero attached hydrogens (tertiary/aromatic N) is 2. The average molecular weight is 603 g/mol. The number of hydrogen-bond donors (Lipinski definition) is 0. The third-order valence-corrected chi connectivity index (χ3v) is 7.09. The summed E-state index contributed by atoms with van der Waals surface area (Å²) in [4.78, 5) is 27.1. The minimum absolute atomic E-state index is 0.0601. The van der Waals surface area contributed by atoms with E-state index in [4.69, 9.17) is 16.3 Å². The molecule has 2 atom stereocenters. The van der Waals surface area contributed by atoms with Crippen molar-refractivity contribution in [3.63, 3.8) is 0 Å². The minimum atomic E-state index is -5.16. The van der Waals surface area contributed by atoms with E-state index >= 15 is 0 Å². The Morgan fingerprint density at radius 3 is 1.90 bits per heavy atom. The number of ether oxygens (including phenoxy) is 1. The summed E-state index contributed by atoms with van der Waals surface area (Å²) in [6.45, 7) is -0.869. The smallest absolute Gasteiger partial charge is 0.416 e. The van der Waals surface area contributed by atoms with Crippen molar-refractivity contribution in [2.45, 2.75) is 56.4 Å². The Bertz CT molecular complexity index is 1270. The maximum absolute atomic E-state index is 13.6. The molecule has 4 rings (SSSR count). The highest BCUT2D eigenvalue weighted by Crippen LogP contribution is 2.50. The zero-order valence-corrected chi connectivity index (χ0v) is 21.2. The molecule has 1 aliphatic carbocycles. The van der Waals surface area contributed by atoms with Gasteiger partial charge in [0.2, 0.25) is 0 Å². The summed E-state index contributed by atoms with van der Waals surface area (Å²) in [6, 6.07) is 1.15. The van der Waals surface area contributed by atoms with E-state index in [1.807, 2.05) is 0 Å². The lowest BCUT2D eigenvalue weighted by Crippen LogP contribution is -2.48. The lowest BCUT2D eigenvalue weighted by atomic mass is 9.86. The fourth-order valence-corrected chi connectivity index (χ4v) is 5.20. The lowest BCUT2D eigenvalue weighted by molar-refractivity contribution is -0.143. The number of hydrogen-bond acceptors (Lipinski definition) is 3. The van der Waals surface area contributed by atoms with E-state index in [-0.39, 0.29) is 29.7 Å². The molecule has 2 amide bonds. The number of methoxy groups -OCH3 is 1. The van der Waals surface area contributed by atoms with Gasteiger partial charge in [-0.1, -0.05) is 0 Å². The molecule has 1 heterocycles. The first-order chi connectivity index (χ1) is 18.4. The van der Waals surface area contributed by atoms with E-state index in [9.17, 15) is 49.1 Å². The second-order valence-corrected chi connectivity index (χ2v) is 9.89. The third-order valence-electron chi connectivity index (χ3n) is 6.91. The molecule has 0 spiro atoms. The second kappa shape index (κ2) is 10.3. The van der Waals surface area contributed by atoms with Crippen molar-refractivity contribution >= 4 is 28.7 Å². The van der Waals surface area contributed by atoms with E-state index < -0.39 is 70.9 Å². The van der Waals surface area contributed by atoms with Crippen LogP contribution >= 0.6 is 11.6 Å². The van der Waals surface area contributed by atoms with Gasteiger partial charge in [-0.25, -0.2) is 4.79 Å². The first kappa shape index (κ1) is 29.8. The highest BCUT2D eigenvalue weighted by molar-refractivity contribution is 6.66. The first-order valence-electron chi connectivity index (χ1n) is 11.7. The molecule has 0 radical (unpaired) electrons.